The van der Waals surface area contributed by atoms with Crippen molar-refractivity contribution >= 4 is 5.97 Å². The summed E-state index contributed by atoms with van der Waals surface area (Å²) in [6.07, 6.45) is 2.46. The summed E-state index contributed by atoms with van der Waals surface area (Å²) < 4.78 is 4.16. The lowest BCUT2D eigenvalue weighted by atomic mass is 10.4. The molecule has 0 aliphatic carbocycles. The second-order valence-corrected chi connectivity index (χ2v) is 1.28. The minimum atomic E-state index is -0.755. The van der Waals surface area contributed by atoms with E-state index in [9.17, 15) is 4.79 Å². The Kier molecular flexibility index (Phi) is 3.20. The smallest absolute Gasteiger partial charge is 0.373 e. The Bertz CT molecular complexity index is 146. The molecule has 0 saturated heterocycles. The van der Waals surface area contributed by atoms with Crippen molar-refractivity contribution in [2.24, 2.45) is 0 Å². The molecular formula is C6H8O3. The third kappa shape index (κ3) is 2.54. The first-order chi connectivity index (χ1) is 4.22. The zero-order valence-corrected chi connectivity index (χ0v) is 5.13. The number of hydrogen-bond donors (Lipinski definition) is 1. The number of carbonyl (C=O) groups excluding carboxylic acids is 1. The van der Waals surface area contributed by atoms with Crippen LogP contribution in [0.25, 0.3) is 0 Å². The molecule has 0 aromatic rings. The normalized spacial score (nSPS) is 10.6. The lowest BCUT2D eigenvalue weighted by Gasteiger charge is -1.93. The summed E-state index contributed by atoms with van der Waals surface area (Å²) in [7, 11) is 1.19. The van der Waals surface area contributed by atoms with Gasteiger partial charge in [-0.1, -0.05) is 12.7 Å². The number of aliphatic hydroxyl groups excluding tert-OH is 1. The summed E-state index contributed by atoms with van der Waals surface area (Å²) in [5, 5.41) is 8.63. The van der Waals surface area contributed by atoms with Gasteiger partial charge in [-0.3, -0.25) is 0 Å². The maximum Gasteiger partial charge on any atom is 0.373 e. The number of aliphatic hydroxyl groups is 1. The molecule has 0 aromatic carbocycles. The zero-order valence-electron chi connectivity index (χ0n) is 5.13. The average Bonchev–Trinajstić information content (AvgIpc) is 1.87. The van der Waals surface area contributed by atoms with E-state index in [4.69, 9.17) is 5.11 Å². The molecule has 0 bridgehead atoms. The van der Waals surface area contributed by atoms with E-state index in [1.807, 2.05) is 0 Å². The number of esters is 1. The van der Waals surface area contributed by atoms with Crippen LogP contribution < -0.4 is 0 Å². The van der Waals surface area contributed by atoms with Gasteiger partial charge in [-0.05, 0) is 6.08 Å². The van der Waals surface area contributed by atoms with Crippen LogP contribution in [0.15, 0.2) is 24.5 Å². The second kappa shape index (κ2) is 3.72. The topological polar surface area (TPSA) is 46.5 Å². The first kappa shape index (κ1) is 7.75. The first-order valence-corrected chi connectivity index (χ1v) is 2.32. The average molecular weight is 128 g/mol. The Balaban J connectivity index is 4.01. The Morgan fingerprint density at radius 2 is 2.33 bits per heavy atom. The summed E-state index contributed by atoms with van der Waals surface area (Å²) in [6, 6.07) is 0. The maximum absolute atomic E-state index is 10.3. The molecule has 0 rings (SSSR count). The Morgan fingerprint density at radius 3 is 2.67 bits per heavy atom. The molecule has 0 amide bonds. The minimum absolute atomic E-state index is 0.437. The molecule has 0 atom stereocenters. The molecule has 0 aliphatic rings. The van der Waals surface area contributed by atoms with Crippen LogP contribution in [0.3, 0.4) is 0 Å². The van der Waals surface area contributed by atoms with Crippen molar-refractivity contribution in [2.45, 2.75) is 0 Å². The monoisotopic (exact) mass is 128 g/mol. The molecule has 0 radical (unpaired) electrons. The van der Waals surface area contributed by atoms with Crippen molar-refractivity contribution < 1.29 is 14.6 Å². The lowest BCUT2D eigenvalue weighted by molar-refractivity contribution is -0.139. The van der Waals surface area contributed by atoms with Crippen LogP contribution in [-0.2, 0) is 9.53 Å². The summed E-state index contributed by atoms with van der Waals surface area (Å²) in [4.78, 5) is 10.3. The molecule has 0 spiro atoms. The predicted molar refractivity (Wildman–Crippen MR) is 32.9 cm³/mol. The van der Waals surface area contributed by atoms with E-state index in [-0.39, 0.29) is 0 Å². The molecule has 0 unspecified atom stereocenters. The van der Waals surface area contributed by atoms with Gasteiger partial charge in [0.25, 0.3) is 0 Å². The van der Waals surface area contributed by atoms with Gasteiger partial charge in [0.2, 0.25) is 5.76 Å². The molecule has 3 nitrogen and oxygen atoms in total. The van der Waals surface area contributed by atoms with Crippen molar-refractivity contribution in [3.8, 4) is 0 Å². The summed E-state index contributed by atoms with van der Waals surface area (Å²) in [5.41, 5.74) is 0. The van der Waals surface area contributed by atoms with E-state index < -0.39 is 11.7 Å². The molecule has 0 aliphatic heterocycles. The summed E-state index contributed by atoms with van der Waals surface area (Å²) in [6.45, 7) is 3.27. The van der Waals surface area contributed by atoms with Crippen molar-refractivity contribution in [3.05, 3.63) is 24.5 Å². The molecule has 3 heteroatoms. The van der Waals surface area contributed by atoms with Crippen LogP contribution >= 0.6 is 0 Å². The van der Waals surface area contributed by atoms with Crippen LogP contribution in [0.4, 0.5) is 0 Å². The van der Waals surface area contributed by atoms with Gasteiger partial charge < -0.3 is 9.84 Å². The molecule has 0 saturated carbocycles. The van der Waals surface area contributed by atoms with Crippen LogP contribution in [0.5, 0.6) is 0 Å². The number of allylic oxidation sites excluding steroid dienone is 2. The summed E-state index contributed by atoms with van der Waals surface area (Å²) >= 11 is 0. The van der Waals surface area contributed by atoms with Crippen LogP contribution in [0, 0.1) is 0 Å². The maximum atomic E-state index is 10.3. The first-order valence-electron chi connectivity index (χ1n) is 2.32. The van der Waals surface area contributed by atoms with E-state index in [2.05, 4.69) is 11.3 Å². The Labute approximate surface area is 53.3 Å². The van der Waals surface area contributed by atoms with E-state index in [0.29, 0.717) is 0 Å². The molecular weight excluding hydrogens is 120 g/mol. The van der Waals surface area contributed by atoms with Crippen LogP contribution in [0.1, 0.15) is 0 Å². The van der Waals surface area contributed by atoms with Crippen molar-refractivity contribution in [2.75, 3.05) is 7.11 Å². The molecule has 0 fully saturated rings. The predicted octanol–water partition coefficient (Wildman–Crippen LogP) is 0.787. The molecule has 0 heterocycles. The minimum Gasteiger partial charge on any atom is -0.502 e. The number of hydrogen-bond acceptors (Lipinski definition) is 3. The molecule has 50 valence electrons. The molecule has 9 heavy (non-hydrogen) atoms. The highest BCUT2D eigenvalue weighted by Gasteiger charge is 2.02. The third-order valence-electron chi connectivity index (χ3n) is 0.670. The number of methoxy groups -OCH3 is 1. The van der Waals surface area contributed by atoms with Gasteiger partial charge in [-0.2, -0.15) is 0 Å². The SMILES string of the molecule is C=CC=C(O)C(=O)OC. The van der Waals surface area contributed by atoms with Gasteiger partial charge in [-0.25, -0.2) is 4.79 Å². The van der Waals surface area contributed by atoms with Crippen molar-refractivity contribution in [3.63, 3.8) is 0 Å². The van der Waals surface area contributed by atoms with Gasteiger partial charge >= 0.3 is 5.97 Å². The fourth-order valence-corrected chi connectivity index (χ4v) is 0.284. The highest BCUT2D eigenvalue weighted by Crippen LogP contribution is 1.90. The fraction of sp³-hybridized carbons (Fsp3) is 0.167. The van der Waals surface area contributed by atoms with E-state index in [0.717, 1.165) is 6.08 Å². The zero-order chi connectivity index (χ0) is 7.28. The lowest BCUT2D eigenvalue weighted by Crippen LogP contribution is -2.02. The largest absolute Gasteiger partial charge is 0.502 e. The Hall–Kier alpha value is -1.25. The standard InChI is InChI=1S/C6H8O3/c1-3-4-5(7)6(8)9-2/h3-4,7H,1H2,2H3. The van der Waals surface area contributed by atoms with Crippen molar-refractivity contribution in [1.82, 2.24) is 0 Å². The van der Waals surface area contributed by atoms with E-state index in [1.54, 1.807) is 0 Å². The van der Waals surface area contributed by atoms with E-state index in [1.165, 1.54) is 13.2 Å². The van der Waals surface area contributed by atoms with Gasteiger partial charge in [0.15, 0.2) is 0 Å². The Morgan fingerprint density at radius 1 is 1.78 bits per heavy atom. The van der Waals surface area contributed by atoms with Crippen molar-refractivity contribution in [1.29, 1.82) is 0 Å². The fourth-order valence-electron chi connectivity index (χ4n) is 0.284. The quantitative estimate of drug-likeness (QED) is 0.259. The highest BCUT2D eigenvalue weighted by atomic mass is 16.5. The second-order valence-electron chi connectivity index (χ2n) is 1.28. The third-order valence-corrected chi connectivity index (χ3v) is 0.670. The molecule has 0 aromatic heterocycles. The van der Waals surface area contributed by atoms with E-state index >= 15 is 0 Å². The van der Waals surface area contributed by atoms with Gasteiger partial charge in [0.05, 0.1) is 7.11 Å². The summed E-state index contributed by atoms with van der Waals surface area (Å²) in [5.74, 6) is -1.19. The van der Waals surface area contributed by atoms with Gasteiger partial charge in [-0.15, -0.1) is 0 Å². The van der Waals surface area contributed by atoms with Gasteiger partial charge in [0.1, 0.15) is 0 Å². The number of carbonyl (C=O) groups is 1. The number of ether oxygens (including phenoxy) is 1. The molecule has 1 N–H and O–H groups in total. The highest BCUT2D eigenvalue weighted by molar-refractivity contribution is 5.85. The number of rotatable bonds is 2. The van der Waals surface area contributed by atoms with Crippen LogP contribution in [-0.4, -0.2) is 18.2 Å². The van der Waals surface area contributed by atoms with Crippen LogP contribution in [0.2, 0.25) is 0 Å². The van der Waals surface area contributed by atoms with Gasteiger partial charge in [0, 0.05) is 0 Å².